The van der Waals surface area contributed by atoms with E-state index in [0.717, 1.165) is 0 Å². The number of nitrogens with zero attached hydrogens (tertiary/aromatic N) is 1. The Balaban J connectivity index is 2.59. The van der Waals surface area contributed by atoms with Gasteiger partial charge in [-0.2, -0.15) is 0 Å². The molecular weight excluding hydrogens is 249 g/mol. The van der Waals surface area contributed by atoms with Crippen molar-refractivity contribution in [3.8, 4) is 0 Å². The highest BCUT2D eigenvalue weighted by Crippen LogP contribution is 2.34. The molecule has 0 saturated carbocycles. The Morgan fingerprint density at radius 2 is 1.50 bits per heavy atom. The zero-order valence-corrected chi connectivity index (χ0v) is 10.1. The number of benzene rings is 1. The summed E-state index contributed by atoms with van der Waals surface area (Å²) in [5.41, 5.74) is 0.459. The topological polar surface area (TPSA) is 37.4 Å². The van der Waals surface area contributed by atoms with Gasteiger partial charge in [0.15, 0.2) is 0 Å². The number of carbonyl (C=O) groups is 2. The predicted octanol–water partition coefficient (Wildman–Crippen LogP) is 3.00. The molecule has 2 rings (SSSR count). The van der Waals surface area contributed by atoms with Crippen LogP contribution in [0.2, 0.25) is 10.0 Å². The van der Waals surface area contributed by atoms with Gasteiger partial charge in [0.05, 0.1) is 21.2 Å². The molecule has 0 N–H and O–H groups in total. The SMILES string of the molecule is CCCN1C(=O)c2c(Cl)ccc(Cl)c2C1=O. The van der Waals surface area contributed by atoms with Gasteiger partial charge < -0.3 is 0 Å². The Hall–Kier alpha value is -1.06. The third-order valence-corrected chi connectivity index (χ3v) is 3.10. The van der Waals surface area contributed by atoms with Crippen LogP contribution in [-0.2, 0) is 0 Å². The normalized spacial score (nSPS) is 14.6. The smallest absolute Gasteiger partial charge is 0.263 e. The van der Waals surface area contributed by atoms with Crippen LogP contribution in [0.3, 0.4) is 0 Å². The lowest BCUT2D eigenvalue weighted by atomic mass is 10.1. The second-order valence-corrected chi connectivity index (χ2v) is 4.36. The lowest BCUT2D eigenvalue weighted by Crippen LogP contribution is -2.30. The number of amides is 2. The Morgan fingerprint density at radius 1 is 1.06 bits per heavy atom. The average molecular weight is 258 g/mol. The quantitative estimate of drug-likeness (QED) is 0.764. The molecule has 1 heterocycles. The summed E-state index contributed by atoms with van der Waals surface area (Å²) in [7, 11) is 0. The molecule has 0 unspecified atom stereocenters. The van der Waals surface area contributed by atoms with Crippen molar-refractivity contribution in [2.45, 2.75) is 13.3 Å². The van der Waals surface area contributed by atoms with Crippen LogP contribution in [0.25, 0.3) is 0 Å². The van der Waals surface area contributed by atoms with E-state index in [2.05, 4.69) is 0 Å². The third-order valence-electron chi connectivity index (χ3n) is 2.47. The van der Waals surface area contributed by atoms with Crippen molar-refractivity contribution in [3.63, 3.8) is 0 Å². The summed E-state index contributed by atoms with van der Waals surface area (Å²) in [5.74, 6) is -0.705. The van der Waals surface area contributed by atoms with Crippen LogP contribution in [0.4, 0.5) is 0 Å². The maximum Gasteiger partial charge on any atom is 0.263 e. The molecule has 3 nitrogen and oxygen atoms in total. The number of halogens is 2. The van der Waals surface area contributed by atoms with E-state index in [9.17, 15) is 9.59 Å². The molecule has 0 atom stereocenters. The van der Waals surface area contributed by atoms with Crippen LogP contribution >= 0.6 is 23.2 Å². The fourth-order valence-corrected chi connectivity index (χ4v) is 2.24. The van der Waals surface area contributed by atoms with Crippen LogP contribution in [-0.4, -0.2) is 23.3 Å². The fourth-order valence-electron chi connectivity index (χ4n) is 1.76. The van der Waals surface area contributed by atoms with Crippen molar-refractivity contribution in [1.82, 2.24) is 4.90 Å². The molecule has 1 aliphatic rings. The molecule has 0 aliphatic carbocycles. The third kappa shape index (κ3) is 1.51. The summed E-state index contributed by atoms with van der Waals surface area (Å²) in [5, 5.41) is 0.549. The molecule has 2 amide bonds. The average Bonchev–Trinajstić information content (AvgIpc) is 2.50. The van der Waals surface area contributed by atoms with Gasteiger partial charge in [-0.25, -0.2) is 0 Å². The first-order chi connectivity index (χ1) is 7.57. The molecule has 0 radical (unpaired) electrons. The Morgan fingerprint density at radius 3 is 1.88 bits per heavy atom. The number of hydrogen-bond donors (Lipinski definition) is 0. The van der Waals surface area contributed by atoms with E-state index in [1.165, 1.54) is 17.0 Å². The number of rotatable bonds is 2. The van der Waals surface area contributed by atoms with Gasteiger partial charge in [-0.05, 0) is 18.6 Å². The first-order valence-corrected chi connectivity index (χ1v) is 5.67. The minimum absolute atomic E-state index is 0.229. The molecular formula is C11H9Cl2NO2. The number of imide groups is 1. The lowest BCUT2D eigenvalue weighted by Gasteiger charge is -2.11. The number of fused-ring (bicyclic) bond motifs is 1. The van der Waals surface area contributed by atoms with Gasteiger partial charge in [0.25, 0.3) is 11.8 Å². The Kier molecular flexibility index (Phi) is 2.91. The summed E-state index contributed by atoms with van der Waals surface area (Å²) >= 11 is 11.8. The number of carbonyl (C=O) groups excluding carboxylic acids is 2. The van der Waals surface area contributed by atoms with Crippen molar-refractivity contribution in [2.75, 3.05) is 6.54 Å². The molecule has 16 heavy (non-hydrogen) atoms. The van der Waals surface area contributed by atoms with Crippen LogP contribution in [0, 0.1) is 0 Å². The molecule has 0 saturated heterocycles. The van der Waals surface area contributed by atoms with E-state index in [0.29, 0.717) is 13.0 Å². The highest BCUT2D eigenvalue weighted by atomic mass is 35.5. The van der Waals surface area contributed by atoms with E-state index in [-0.39, 0.29) is 33.0 Å². The second-order valence-electron chi connectivity index (χ2n) is 3.54. The summed E-state index contributed by atoms with van der Waals surface area (Å²) in [6, 6.07) is 3.06. The first-order valence-electron chi connectivity index (χ1n) is 4.92. The highest BCUT2D eigenvalue weighted by Gasteiger charge is 2.38. The van der Waals surface area contributed by atoms with Gasteiger partial charge >= 0.3 is 0 Å². The second kappa shape index (κ2) is 4.07. The van der Waals surface area contributed by atoms with Crippen molar-refractivity contribution in [1.29, 1.82) is 0 Å². The maximum absolute atomic E-state index is 11.9. The molecule has 0 aromatic heterocycles. The van der Waals surface area contributed by atoms with Crippen molar-refractivity contribution < 1.29 is 9.59 Å². The van der Waals surface area contributed by atoms with E-state index >= 15 is 0 Å². The fraction of sp³-hybridized carbons (Fsp3) is 0.273. The zero-order chi connectivity index (χ0) is 11.9. The van der Waals surface area contributed by atoms with Crippen molar-refractivity contribution in [2.24, 2.45) is 0 Å². The molecule has 5 heteroatoms. The van der Waals surface area contributed by atoms with Crippen LogP contribution in [0.15, 0.2) is 12.1 Å². The van der Waals surface area contributed by atoms with Gasteiger partial charge in [0.2, 0.25) is 0 Å². The van der Waals surface area contributed by atoms with Crippen LogP contribution < -0.4 is 0 Å². The van der Waals surface area contributed by atoms with Gasteiger partial charge in [0.1, 0.15) is 0 Å². The highest BCUT2D eigenvalue weighted by molar-refractivity contribution is 6.41. The number of hydrogen-bond acceptors (Lipinski definition) is 2. The van der Waals surface area contributed by atoms with Gasteiger partial charge in [-0.3, -0.25) is 14.5 Å². The molecule has 0 spiro atoms. The van der Waals surface area contributed by atoms with Crippen LogP contribution in [0.1, 0.15) is 34.1 Å². The van der Waals surface area contributed by atoms with E-state index in [1.807, 2.05) is 6.92 Å². The minimum Gasteiger partial charge on any atom is -0.274 e. The van der Waals surface area contributed by atoms with Crippen molar-refractivity contribution in [3.05, 3.63) is 33.3 Å². The molecule has 1 aromatic rings. The summed E-state index contributed by atoms with van der Waals surface area (Å²) in [4.78, 5) is 25.0. The van der Waals surface area contributed by atoms with Gasteiger partial charge in [-0.1, -0.05) is 30.1 Å². The van der Waals surface area contributed by atoms with E-state index in [1.54, 1.807) is 0 Å². The summed E-state index contributed by atoms with van der Waals surface area (Å²) in [6.07, 6.45) is 0.709. The van der Waals surface area contributed by atoms with Gasteiger partial charge in [0, 0.05) is 6.54 Å². The van der Waals surface area contributed by atoms with E-state index < -0.39 is 0 Å². The summed E-state index contributed by atoms with van der Waals surface area (Å²) < 4.78 is 0. The predicted molar refractivity (Wildman–Crippen MR) is 62.1 cm³/mol. The first kappa shape index (κ1) is 11.4. The molecule has 0 fully saturated rings. The zero-order valence-electron chi connectivity index (χ0n) is 8.59. The maximum atomic E-state index is 11.9. The monoisotopic (exact) mass is 257 g/mol. The Labute approximate surface area is 103 Å². The largest absolute Gasteiger partial charge is 0.274 e. The van der Waals surface area contributed by atoms with Gasteiger partial charge in [-0.15, -0.1) is 0 Å². The van der Waals surface area contributed by atoms with Crippen LogP contribution in [0.5, 0.6) is 0 Å². The molecule has 0 bridgehead atoms. The van der Waals surface area contributed by atoms with E-state index in [4.69, 9.17) is 23.2 Å². The minimum atomic E-state index is -0.352. The molecule has 1 aliphatic heterocycles. The standard InChI is InChI=1S/C11H9Cl2NO2/c1-2-5-14-10(15)8-6(12)3-4-7(13)9(8)11(14)16/h3-4H,2,5H2,1H3. The lowest BCUT2D eigenvalue weighted by molar-refractivity contribution is 0.0654. The molecule has 1 aromatic carbocycles. The molecule has 84 valence electrons. The Bertz CT molecular complexity index is 444. The van der Waals surface area contributed by atoms with Crippen molar-refractivity contribution >= 4 is 35.0 Å². The summed E-state index contributed by atoms with van der Waals surface area (Å²) in [6.45, 7) is 2.28.